The summed E-state index contributed by atoms with van der Waals surface area (Å²) in [5.74, 6) is 0. The van der Waals surface area contributed by atoms with Gasteiger partial charge in [-0.05, 0) is 32.2 Å². The largest absolute Gasteiger partial charge is 0.395 e. The second-order valence-corrected chi connectivity index (χ2v) is 4.10. The van der Waals surface area contributed by atoms with Crippen LogP contribution >= 0.6 is 0 Å². The Kier molecular flexibility index (Phi) is 2.10. The molecule has 0 amide bonds. The summed E-state index contributed by atoms with van der Waals surface area (Å²) in [7, 11) is 0. The molecule has 0 aromatic rings. The van der Waals surface area contributed by atoms with Gasteiger partial charge in [0.1, 0.15) is 0 Å². The highest BCUT2D eigenvalue weighted by molar-refractivity contribution is 5.04. The monoisotopic (exact) mass is 170 g/mol. The van der Waals surface area contributed by atoms with Gasteiger partial charge in [-0.15, -0.1) is 0 Å². The van der Waals surface area contributed by atoms with Crippen LogP contribution in [0.1, 0.15) is 25.7 Å². The molecule has 0 aromatic heterocycles. The van der Waals surface area contributed by atoms with E-state index in [1.54, 1.807) is 0 Å². The predicted molar refractivity (Wildman–Crippen MR) is 47.8 cm³/mol. The second kappa shape index (κ2) is 2.98. The number of aliphatic hydroxyl groups is 1. The molecule has 2 fully saturated rings. The van der Waals surface area contributed by atoms with Crippen molar-refractivity contribution in [2.45, 2.75) is 37.3 Å². The van der Waals surface area contributed by atoms with Crippen LogP contribution < -0.4 is 5.73 Å². The number of nitrogens with two attached hydrogens (primary N) is 1. The Morgan fingerprint density at radius 3 is 3.00 bits per heavy atom. The number of nitrogens with zero attached hydrogens (tertiary/aromatic N) is 1. The van der Waals surface area contributed by atoms with Crippen molar-refractivity contribution in [2.75, 3.05) is 19.7 Å². The minimum atomic E-state index is 0.271. The van der Waals surface area contributed by atoms with Crippen LogP contribution in [0.4, 0.5) is 0 Å². The van der Waals surface area contributed by atoms with Gasteiger partial charge < -0.3 is 10.8 Å². The van der Waals surface area contributed by atoms with E-state index in [0.29, 0.717) is 12.6 Å². The third-order valence-electron chi connectivity index (χ3n) is 3.62. The predicted octanol–water partition coefficient (Wildman–Crippen LogP) is -0.0656. The van der Waals surface area contributed by atoms with E-state index < -0.39 is 0 Å². The maximum atomic E-state index is 9.14. The minimum Gasteiger partial charge on any atom is -0.395 e. The lowest BCUT2D eigenvalue weighted by atomic mass is 9.94. The fourth-order valence-corrected chi connectivity index (χ4v) is 2.90. The van der Waals surface area contributed by atoms with Crippen LogP contribution in [0.3, 0.4) is 0 Å². The molecule has 0 aliphatic carbocycles. The molecule has 3 N–H and O–H groups in total. The van der Waals surface area contributed by atoms with Crippen molar-refractivity contribution in [2.24, 2.45) is 5.73 Å². The molecule has 2 saturated heterocycles. The number of aliphatic hydroxyl groups excluding tert-OH is 1. The van der Waals surface area contributed by atoms with Crippen LogP contribution in [0, 0.1) is 0 Å². The molecular weight excluding hydrogens is 152 g/mol. The molecule has 0 spiro atoms. The third-order valence-corrected chi connectivity index (χ3v) is 3.62. The maximum absolute atomic E-state index is 9.14. The summed E-state index contributed by atoms with van der Waals surface area (Å²) in [6.07, 6.45) is 4.82. The van der Waals surface area contributed by atoms with E-state index in [0.717, 1.165) is 19.5 Å². The Morgan fingerprint density at radius 1 is 1.50 bits per heavy atom. The van der Waals surface area contributed by atoms with Gasteiger partial charge in [-0.2, -0.15) is 0 Å². The molecule has 2 rings (SSSR count). The first kappa shape index (κ1) is 8.48. The molecule has 2 atom stereocenters. The van der Waals surface area contributed by atoms with E-state index >= 15 is 0 Å². The Morgan fingerprint density at radius 2 is 2.33 bits per heavy atom. The third kappa shape index (κ3) is 1.00. The van der Waals surface area contributed by atoms with Gasteiger partial charge in [0, 0.05) is 18.1 Å². The normalized spacial score (nSPS) is 42.0. The first-order valence-electron chi connectivity index (χ1n) is 4.90. The Balaban J connectivity index is 2.14. The first-order chi connectivity index (χ1) is 5.82. The Hall–Kier alpha value is -0.120. The highest BCUT2D eigenvalue weighted by atomic mass is 16.3. The number of hydrogen-bond donors (Lipinski definition) is 2. The quantitative estimate of drug-likeness (QED) is 0.610. The van der Waals surface area contributed by atoms with Crippen LogP contribution in [0.15, 0.2) is 0 Å². The molecule has 12 heavy (non-hydrogen) atoms. The van der Waals surface area contributed by atoms with Gasteiger partial charge >= 0.3 is 0 Å². The van der Waals surface area contributed by atoms with E-state index in [1.807, 2.05) is 0 Å². The summed E-state index contributed by atoms with van der Waals surface area (Å²) < 4.78 is 0. The van der Waals surface area contributed by atoms with Gasteiger partial charge in [0.15, 0.2) is 0 Å². The van der Waals surface area contributed by atoms with Crippen molar-refractivity contribution < 1.29 is 5.11 Å². The van der Waals surface area contributed by atoms with Gasteiger partial charge in [0.25, 0.3) is 0 Å². The van der Waals surface area contributed by atoms with Crippen LogP contribution in [0.2, 0.25) is 0 Å². The lowest BCUT2D eigenvalue weighted by Crippen LogP contribution is -2.48. The molecule has 2 unspecified atom stereocenters. The van der Waals surface area contributed by atoms with Gasteiger partial charge in [-0.1, -0.05) is 0 Å². The molecular formula is C9H18N2O. The second-order valence-electron chi connectivity index (χ2n) is 4.10. The summed E-state index contributed by atoms with van der Waals surface area (Å²) in [6, 6.07) is 0.399. The molecule has 2 aliphatic rings. The summed E-state index contributed by atoms with van der Waals surface area (Å²) in [5, 5.41) is 9.14. The molecule has 0 saturated carbocycles. The van der Waals surface area contributed by atoms with Crippen molar-refractivity contribution in [1.29, 1.82) is 0 Å². The molecule has 3 nitrogen and oxygen atoms in total. The van der Waals surface area contributed by atoms with E-state index in [9.17, 15) is 0 Å². The highest BCUT2D eigenvalue weighted by Gasteiger charge is 2.47. The van der Waals surface area contributed by atoms with E-state index in [4.69, 9.17) is 10.8 Å². The molecule has 0 bridgehead atoms. The average Bonchev–Trinajstić information content (AvgIpc) is 2.61. The molecule has 2 aliphatic heterocycles. The lowest BCUT2D eigenvalue weighted by Gasteiger charge is -2.33. The maximum Gasteiger partial charge on any atom is 0.0587 e. The SMILES string of the molecule is NCC12CCCN1C(CO)CC2. The van der Waals surface area contributed by atoms with E-state index in [2.05, 4.69) is 4.90 Å². The van der Waals surface area contributed by atoms with Crippen LogP contribution in [-0.4, -0.2) is 41.3 Å². The van der Waals surface area contributed by atoms with Gasteiger partial charge in [-0.25, -0.2) is 0 Å². The fraction of sp³-hybridized carbons (Fsp3) is 1.00. The molecule has 2 heterocycles. The summed E-state index contributed by atoms with van der Waals surface area (Å²) >= 11 is 0. The molecule has 3 heteroatoms. The summed E-state index contributed by atoms with van der Waals surface area (Å²) in [5.41, 5.74) is 6.07. The number of fused-ring (bicyclic) bond motifs is 1. The number of rotatable bonds is 2. The van der Waals surface area contributed by atoms with Crippen molar-refractivity contribution in [1.82, 2.24) is 4.90 Å². The molecule has 70 valence electrons. The van der Waals surface area contributed by atoms with Crippen molar-refractivity contribution in [3.8, 4) is 0 Å². The highest BCUT2D eigenvalue weighted by Crippen LogP contribution is 2.41. The zero-order valence-corrected chi connectivity index (χ0v) is 7.50. The van der Waals surface area contributed by atoms with Gasteiger partial charge in [0.2, 0.25) is 0 Å². The summed E-state index contributed by atoms with van der Waals surface area (Å²) in [6.45, 7) is 2.22. The smallest absolute Gasteiger partial charge is 0.0587 e. The zero-order chi connectivity index (χ0) is 8.60. The fourth-order valence-electron chi connectivity index (χ4n) is 2.90. The van der Waals surface area contributed by atoms with Crippen LogP contribution in [0.25, 0.3) is 0 Å². The van der Waals surface area contributed by atoms with Gasteiger partial charge in [0.05, 0.1) is 6.61 Å². The number of hydrogen-bond acceptors (Lipinski definition) is 3. The minimum absolute atomic E-state index is 0.271. The molecule has 0 aromatic carbocycles. The topological polar surface area (TPSA) is 49.5 Å². The van der Waals surface area contributed by atoms with Crippen molar-refractivity contribution >= 4 is 0 Å². The average molecular weight is 170 g/mol. The Bertz CT molecular complexity index is 174. The van der Waals surface area contributed by atoms with Crippen LogP contribution in [-0.2, 0) is 0 Å². The summed E-state index contributed by atoms with van der Waals surface area (Å²) in [4.78, 5) is 2.44. The van der Waals surface area contributed by atoms with Crippen molar-refractivity contribution in [3.63, 3.8) is 0 Å². The van der Waals surface area contributed by atoms with Crippen LogP contribution in [0.5, 0.6) is 0 Å². The first-order valence-corrected chi connectivity index (χ1v) is 4.90. The van der Waals surface area contributed by atoms with Crippen molar-refractivity contribution in [3.05, 3.63) is 0 Å². The lowest BCUT2D eigenvalue weighted by molar-refractivity contribution is 0.110. The van der Waals surface area contributed by atoms with Gasteiger partial charge in [-0.3, -0.25) is 4.90 Å². The van der Waals surface area contributed by atoms with E-state index in [1.165, 1.54) is 19.3 Å². The Labute approximate surface area is 73.5 Å². The standard InChI is InChI=1S/C9H18N2O/c10-7-9-3-1-5-11(9)8(6-12)2-4-9/h8,12H,1-7,10H2. The van der Waals surface area contributed by atoms with E-state index in [-0.39, 0.29) is 5.54 Å². The zero-order valence-electron chi connectivity index (χ0n) is 7.50. The molecule has 0 radical (unpaired) electrons.